The molecule has 5 rings (SSSR count). The van der Waals surface area contributed by atoms with Gasteiger partial charge in [0.15, 0.2) is 17.1 Å². The zero-order valence-corrected chi connectivity index (χ0v) is 22.8. The lowest BCUT2D eigenvalue weighted by molar-refractivity contribution is -0.216. The van der Waals surface area contributed by atoms with Gasteiger partial charge in [-0.05, 0) is 80.6 Å². The number of carbonyl (C=O) groups is 3. The van der Waals surface area contributed by atoms with Crippen LogP contribution >= 0.6 is 11.8 Å². The van der Waals surface area contributed by atoms with Gasteiger partial charge in [-0.15, -0.1) is 0 Å². The minimum Gasteiger partial charge on any atom is -0.446 e. The number of carbonyl (C=O) groups excluding carboxylic acids is 3. The van der Waals surface area contributed by atoms with E-state index in [1.54, 1.807) is 20.8 Å². The molecule has 4 aliphatic carbocycles. The molecule has 10 heteroatoms. The normalized spacial score (nSPS) is 40.8. The summed E-state index contributed by atoms with van der Waals surface area (Å²) in [5.74, 6) is -3.75. The first-order valence-electron chi connectivity index (χ1n) is 13.1. The number of ketones is 1. The maximum absolute atomic E-state index is 17.4. The molecule has 3 fully saturated rings. The van der Waals surface area contributed by atoms with Crippen molar-refractivity contribution in [1.29, 1.82) is 0 Å². The van der Waals surface area contributed by atoms with Crippen molar-refractivity contribution in [3.8, 4) is 0 Å². The number of allylic oxidation sites excluding steroid dienone is 4. The fourth-order valence-electron chi connectivity index (χ4n) is 8.26. The summed E-state index contributed by atoms with van der Waals surface area (Å²) in [6, 6.07) is 2.24. The van der Waals surface area contributed by atoms with Crippen LogP contribution in [0.3, 0.4) is 0 Å². The van der Waals surface area contributed by atoms with Gasteiger partial charge in [0.1, 0.15) is 11.8 Å². The largest absolute Gasteiger partial charge is 0.446 e. The summed E-state index contributed by atoms with van der Waals surface area (Å²) in [7, 11) is 0. The van der Waals surface area contributed by atoms with E-state index in [2.05, 4.69) is 0 Å². The van der Waals surface area contributed by atoms with Gasteiger partial charge in [0.2, 0.25) is 5.12 Å². The summed E-state index contributed by atoms with van der Waals surface area (Å²) in [4.78, 5) is 39.2. The van der Waals surface area contributed by atoms with Crippen molar-refractivity contribution >= 4 is 34.3 Å². The van der Waals surface area contributed by atoms with E-state index in [1.165, 1.54) is 24.3 Å². The lowest BCUT2D eigenvalue weighted by Crippen LogP contribution is -2.69. The molecular formula is C29H32F3NO5S. The highest BCUT2D eigenvalue weighted by Gasteiger charge is 2.77. The molecule has 1 aromatic rings. The number of rotatable bonds is 4. The average molecular weight is 564 g/mol. The van der Waals surface area contributed by atoms with Crippen molar-refractivity contribution < 1.29 is 37.4 Å². The molecule has 0 amide bonds. The van der Waals surface area contributed by atoms with Gasteiger partial charge in [0, 0.05) is 22.7 Å². The summed E-state index contributed by atoms with van der Waals surface area (Å²) >= 11 is 0.375. The molecule has 6 nitrogen and oxygen atoms in total. The van der Waals surface area contributed by atoms with E-state index in [0.29, 0.717) is 36.6 Å². The Morgan fingerprint density at radius 2 is 1.97 bits per heavy atom. The van der Waals surface area contributed by atoms with Crippen LogP contribution < -0.4 is 5.73 Å². The zero-order chi connectivity index (χ0) is 28.5. The number of alkyl halides is 2. The molecule has 0 saturated heterocycles. The van der Waals surface area contributed by atoms with Crippen LogP contribution in [0.4, 0.5) is 18.9 Å². The van der Waals surface area contributed by atoms with Crippen molar-refractivity contribution in [3.63, 3.8) is 0 Å². The van der Waals surface area contributed by atoms with Crippen molar-refractivity contribution in [2.45, 2.75) is 63.8 Å². The maximum Gasteiger partial charge on any atom is 0.339 e. The number of aliphatic hydroxyl groups is 1. The van der Waals surface area contributed by atoms with E-state index < -0.39 is 68.9 Å². The number of aliphatic hydroxyl groups excluding tert-OH is 1. The Balaban J connectivity index is 1.60. The first-order chi connectivity index (χ1) is 18.3. The minimum atomic E-state index is -2.14. The Labute approximate surface area is 229 Å². The summed E-state index contributed by atoms with van der Waals surface area (Å²) < 4.78 is 50.8. The zero-order valence-electron chi connectivity index (χ0n) is 22.0. The van der Waals surface area contributed by atoms with Crippen LogP contribution in [0, 0.1) is 34.4 Å². The van der Waals surface area contributed by atoms with Gasteiger partial charge in [-0.25, -0.2) is 18.0 Å². The van der Waals surface area contributed by atoms with E-state index in [1.807, 2.05) is 0 Å². The number of fused-ring (bicyclic) bond motifs is 5. The van der Waals surface area contributed by atoms with E-state index in [0.717, 1.165) is 12.1 Å². The number of hydrogen-bond donors (Lipinski definition) is 2. The maximum atomic E-state index is 17.4. The average Bonchev–Trinajstić information content (AvgIpc) is 3.09. The molecule has 1 aromatic carbocycles. The number of nitrogens with two attached hydrogens (primary N) is 1. The van der Waals surface area contributed by atoms with E-state index in [-0.39, 0.29) is 23.5 Å². The summed E-state index contributed by atoms with van der Waals surface area (Å²) in [5, 5.41) is 10.9. The number of hydrogen-bond acceptors (Lipinski definition) is 7. The molecule has 4 aliphatic rings. The predicted molar refractivity (Wildman–Crippen MR) is 140 cm³/mol. The Morgan fingerprint density at radius 1 is 1.26 bits per heavy atom. The Hall–Kier alpha value is -2.59. The van der Waals surface area contributed by atoms with Gasteiger partial charge < -0.3 is 15.6 Å². The van der Waals surface area contributed by atoms with Crippen LogP contribution in [0.15, 0.2) is 42.0 Å². The molecule has 8 atom stereocenters. The van der Waals surface area contributed by atoms with E-state index in [9.17, 15) is 28.3 Å². The standard InChI is InChI=1S/C29H32F3NO5S/c1-15-10-20-19-6-5-17-12-18(34)8-9-26(17,2)28(19,32)23(35)13-27(20,3)29(15,25(37)39-14-30)38-24(36)16-4-7-21(31)22(33)11-16/h4,7-9,11-12,15,19-20,23,35H,5-6,10,13-14,33H2,1-3H3/t15-,19+,20+,23+,26+,27+,28+,29+/m1/s1. The molecule has 0 unspecified atom stereocenters. The first kappa shape index (κ1) is 28.0. The van der Waals surface area contributed by atoms with Gasteiger partial charge in [0.05, 0.1) is 17.4 Å². The summed E-state index contributed by atoms with van der Waals surface area (Å²) in [6.07, 6.45) is 3.58. The van der Waals surface area contributed by atoms with Crippen molar-refractivity contribution in [3.05, 3.63) is 53.4 Å². The summed E-state index contributed by atoms with van der Waals surface area (Å²) in [6.45, 7) is 5.11. The Bertz CT molecular complexity index is 1320. The van der Waals surface area contributed by atoms with Gasteiger partial charge in [-0.2, -0.15) is 0 Å². The molecule has 0 bridgehead atoms. The lowest BCUT2D eigenvalue weighted by atomic mass is 9.45. The van der Waals surface area contributed by atoms with Crippen LogP contribution in [0.25, 0.3) is 0 Å². The molecule has 3 saturated carbocycles. The van der Waals surface area contributed by atoms with Crippen LogP contribution in [0.1, 0.15) is 56.8 Å². The first-order valence-corrected chi connectivity index (χ1v) is 14.1. The number of esters is 1. The second-order valence-electron chi connectivity index (χ2n) is 11.8. The van der Waals surface area contributed by atoms with E-state index in [4.69, 9.17) is 10.5 Å². The highest BCUT2D eigenvalue weighted by Crippen LogP contribution is 2.71. The summed E-state index contributed by atoms with van der Waals surface area (Å²) in [5.41, 5.74) is -0.583. The molecule has 0 aromatic heterocycles. The second-order valence-corrected chi connectivity index (χ2v) is 12.7. The fourth-order valence-corrected chi connectivity index (χ4v) is 9.05. The van der Waals surface area contributed by atoms with Gasteiger partial charge in [0.25, 0.3) is 0 Å². The van der Waals surface area contributed by atoms with Crippen molar-refractivity contribution in [2.24, 2.45) is 28.6 Å². The molecule has 0 aliphatic heterocycles. The SMILES string of the molecule is C[C@@H]1C[C@H]2[C@@H]3CCC4=CC(=O)C=C[C@]4(C)[C@@]3(F)[C@@H](O)C[C@]2(C)[C@@]1(OC(=O)c1ccc(F)c(N)c1)C(=O)SCF. The second kappa shape index (κ2) is 9.23. The number of ether oxygens (including phenoxy) is 1. The third kappa shape index (κ3) is 3.63. The molecule has 0 radical (unpaired) electrons. The quantitative estimate of drug-likeness (QED) is 0.388. The molecule has 0 spiro atoms. The topological polar surface area (TPSA) is 107 Å². The van der Waals surface area contributed by atoms with Crippen LogP contribution in [0.2, 0.25) is 0 Å². The highest BCUT2D eigenvalue weighted by molar-refractivity contribution is 8.13. The van der Waals surface area contributed by atoms with Crippen molar-refractivity contribution in [1.82, 2.24) is 0 Å². The van der Waals surface area contributed by atoms with Gasteiger partial charge in [-0.1, -0.05) is 25.5 Å². The van der Waals surface area contributed by atoms with Gasteiger partial charge in [-0.3, -0.25) is 9.59 Å². The van der Waals surface area contributed by atoms with Crippen LogP contribution in [-0.4, -0.2) is 45.4 Å². The van der Waals surface area contributed by atoms with E-state index >= 15 is 4.39 Å². The molecular weight excluding hydrogens is 531 g/mol. The number of anilines is 1. The Morgan fingerprint density at radius 3 is 2.64 bits per heavy atom. The Kier molecular flexibility index (Phi) is 6.61. The molecule has 210 valence electrons. The predicted octanol–water partition coefficient (Wildman–Crippen LogP) is 5.11. The lowest BCUT2D eigenvalue weighted by Gasteiger charge is -2.62. The number of halogens is 3. The number of nitrogen functional groups attached to an aromatic ring is 1. The molecule has 39 heavy (non-hydrogen) atoms. The minimum absolute atomic E-state index is 0.0845. The highest BCUT2D eigenvalue weighted by atomic mass is 32.2. The molecule has 0 heterocycles. The molecule has 3 N–H and O–H groups in total. The van der Waals surface area contributed by atoms with Crippen molar-refractivity contribution in [2.75, 3.05) is 11.7 Å². The smallest absolute Gasteiger partial charge is 0.339 e. The van der Waals surface area contributed by atoms with Crippen LogP contribution in [0.5, 0.6) is 0 Å². The third-order valence-corrected chi connectivity index (χ3v) is 10.8. The number of thioether (sulfide) groups is 1. The number of benzene rings is 1. The van der Waals surface area contributed by atoms with Gasteiger partial charge >= 0.3 is 5.97 Å². The third-order valence-electron chi connectivity index (χ3n) is 10.2. The van der Waals surface area contributed by atoms with Crippen LogP contribution in [-0.2, 0) is 14.3 Å². The fraction of sp³-hybridized carbons (Fsp3) is 0.552. The monoisotopic (exact) mass is 563 g/mol.